The van der Waals surface area contributed by atoms with Crippen molar-refractivity contribution >= 4 is 0 Å². The maximum atomic E-state index is 3.22. The molecule has 0 fully saturated rings. The highest BCUT2D eigenvalue weighted by molar-refractivity contribution is 5.14. The molecule has 73 valence electrons. The van der Waals surface area contributed by atoms with Gasteiger partial charge in [0.2, 0.25) is 0 Å². The summed E-state index contributed by atoms with van der Waals surface area (Å²) in [6.07, 6.45) is 26.5. The van der Waals surface area contributed by atoms with E-state index in [1.165, 1.54) is 0 Å². The summed E-state index contributed by atoms with van der Waals surface area (Å²) in [4.78, 5) is 0. The van der Waals surface area contributed by atoms with Crippen LogP contribution >= 0.6 is 0 Å². The first-order valence-corrected chi connectivity index (χ1v) is 5.20. The van der Waals surface area contributed by atoms with Crippen molar-refractivity contribution in [1.29, 1.82) is 0 Å². The second kappa shape index (κ2) is 8.31. The first kappa shape index (κ1) is 10.8. The fraction of sp³-hybridized carbons (Fsp3) is 0.286. The van der Waals surface area contributed by atoms with E-state index in [4.69, 9.17) is 0 Å². The molecule has 0 nitrogen and oxygen atoms in total. The zero-order valence-corrected chi connectivity index (χ0v) is 8.52. The minimum Gasteiger partial charge on any atom is -0.0882 e. The molecule has 0 saturated heterocycles. The van der Waals surface area contributed by atoms with Gasteiger partial charge in [-0.05, 0) is 31.8 Å². The van der Waals surface area contributed by atoms with Gasteiger partial charge in [0.15, 0.2) is 0 Å². The molecule has 0 bridgehead atoms. The van der Waals surface area contributed by atoms with Gasteiger partial charge in [-0.1, -0.05) is 54.7 Å². The van der Waals surface area contributed by atoms with Gasteiger partial charge < -0.3 is 0 Å². The number of hydrogen-bond donors (Lipinski definition) is 0. The third kappa shape index (κ3) is 6.24. The number of hydrogen-bond acceptors (Lipinski definition) is 0. The second-order valence-corrected chi connectivity index (χ2v) is 3.16. The standard InChI is InChI=1S/C14H17/c1-2-4-6-8-10-12-14-13-11-9-7-5-3-1/h1-7,12,14H,8,10-11,13H2/b2-1+,5-3-,6-4-,9-7?,14-12-. The molecule has 0 heteroatoms. The Kier molecular flexibility index (Phi) is 6.39. The van der Waals surface area contributed by atoms with E-state index in [0.29, 0.717) is 0 Å². The summed E-state index contributed by atoms with van der Waals surface area (Å²) in [5.41, 5.74) is 0. The summed E-state index contributed by atoms with van der Waals surface area (Å²) >= 11 is 0. The van der Waals surface area contributed by atoms with Gasteiger partial charge in [-0.15, -0.1) is 0 Å². The van der Waals surface area contributed by atoms with Crippen molar-refractivity contribution in [2.24, 2.45) is 0 Å². The van der Waals surface area contributed by atoms with Gasteiger partial charge >= 0.3 is 0 Å². The third-order valence-electron chi connectivity index (χ3n) is 1.92. The molecule has 1 aliphatic rings. The second-order valence-electron chi connectivity index (χ2n) is 3.16. The zero-order chi connectivity index (χ0) is 9.90. The molecular weight excluding hydrogens is 168 g/mol. The molecule has 0 spiro atoms. The van der Waals surface area contributed by atoms with Crippen molar-refractivity contribution in [2.75, 3.05) is 0 Å². The molecule has 0 aliphatic heterocycles. The lowest BCUT2D eigenvalue weighted by Gasteiger charge is -1.88. The van der Waals surface area contributed by atoms with Crippen LogP contribution in [0.15, 0.2) is 54.7 Å². The highest BCUT2D eigenvalue weighted by atomic mass is 13.8. The van der Waals surface area contributed by atoms with Crippen LogP contribution in [0.3, 0.4) is 0 Å². The molecule has 0 saturated carbocycles. The Morgan fingerprint density at radius 3 is 2.36 bits per heavy atom. The predicted octanol–water partition coefficient (Wildman–Crippen LogP) is 4.14. The summed E-state index contributed by atoms with van der Waals surface area (Å²) in [6.45, 7) is 0. The highest BCUT2D eigenvalue weighted by Gasteiger charge is 1.78. The molecule has 0 aromatic heterocycles. The summed E-state index contributed by atoms with van der Waals surface area (Å²) in [7, 11) is 0. The zero-order valence-electron chi connectivity index (χ0n) is 8.52. The Bertz CT molecular complexity index is 234. The van der Waals surface area contributed by atoms with Crippen LogP contribution in [0.2, 0.25) is 0 Å². The van der Waals surface area contributed by atoms with E-state index in [-0.39, 0.29) is 0 Å². The molecule has 1 radical (unpaired) electrons. The smallest absolute Gasteiger partial charge is 0.0241 e. The molecule has 1 aliphatic carbocycles. The van der Waals surface area contributed by atoms with Crippen molar-refractivity contribution in [2.45, 2.75) is 25.7 Å². The van der Waals surface area contributed by atoms with Crippen molar-refractivity contribution in [3.8, 4) is 0 Å². The van der Waals surface area contributed by atoms with Gasteiger partial charge in [-0.2, -0.15) is 0 Å². The maximum absolute atomic E-state index is 3.22. The Morgan fingerprint density at radius 1 is 0.643 bits per heavy atom. The average molecular weight is 185 g/mol. The molecular formula is C14H17. The van der Waals surface area contributed by atoms with E-state index < -0.39 is 0 Å². The molecule has 14 heavy (non-hydrogen) atoms. The Hall–Kier alpha value is -1.30. The fourth-order valence-corrected chi connectivity index (χ4v) is 1.17. The summed E-state index contributed by atoms with van der Waals surface area (Å²) < 4.78 is 0. The fourth-order valence-electron chi connectivity index (χ4n) is 1.17. The van der Waals surface area contributed by atoms with Gasteiger partial charge in [-0.25, -0.2) is 0 Å². The van der Waals surface area contributed by atoms with E-state index in [0.717, 1.165) is 25.7 Å². The molecule has 0 N–H and O–H groups in total. The monoisotopic (exact) mass is 185 g/mol. The molecule has 0 aromatic rings. The van der Waals surface area contributed by atoms with Crippen molar-refractivity contribution in [3.05, 3.63) is 60.8 Å². The lowest BCUT2D eigenvalue weighted by Crippen LogP contribution is -1.68. The Morgan fingerprint density at radius 2 is 1.36 bits per heavy atom. The van der Waals surface area contributed by atoms with E-state index in [9.17, 15) is 0 Å². The largest absolute Gasteiger partial charge is 0.0882 e. The van der Waals surface area contributed by atoms with Crippen LogP contribution in [-0.4, -0.2) is 0 Å². The van der Waals surface area contributed by atoms with Crippen LogP contribution in [0.25, 0.3) is 0 Å². The molecule has 0 amide bonds. The lowest BCUT2D eigenvalue weighted by molar-refractivity contribution is 0.992. The Balaban J connectivity index is 2.46. The summed E-state index contributed by atoms with van der Waals surface area (Å²) in [5, 5.41) is 0. The number of rotatable bonds is 0. The van der Waals surface area contributed by atoms with Gasteiger partial charge in [-0.3, -0.25) is 0 Å². The maximum Gasteiger partial charge on any atom is -0.0241 e. The van der Waals surface area contributed by atoms with E-state index in [2.05, 4.69) is 36.5 Å². The van der Waals surface area contributed by atoms with Crippen LogP contribution in [0.4, 0.5) is 0 Å². The molecule has 1 rings (SSSR count). The van der Waals surface area contributed by atoms with Crippen molar-refractivity contribution in [1.82, 2.24) is 0 Å². The predicted molar refractivity (Wildman–Crippen MR) is 62.8 cm³/mol. The lowest BCUT2D eigenvalue weighted by atomic mass is 10.2. The number of allylic oxidation sites excluding steroid dienone is 10. The summed E-state index contributed by atoms with van der Waals surface area (Å²) in [6, 6.07) is 0. The molecule has 0 heterocycles. The molecule has 0 atom stereocenters. The van der Waals surface area contributed by atoms with Gasteiger partial charge in [0.1, 0.15) is 0 Å². The quantitative estimate of drug-likeness (QED) is 0.497. The molecule has 0 unspecified atom stereocenters. The summed E-state index contributed by atoms with van der Waals surface area (Å²) in [5.74, 6) is 0. The highest BCUT2D eigenvalue weighted by Crippen LogP contribution is 1.98. The van der Waals surface area contributed by atoms with E-state index in [1.54, 1.807) is 0 Å². The first-order chi connectivity index (χ1) is 7.00. The SMILES string of the molecule is [C]1=C/C=C\C=C\C=C/CC/C=C\CC/1. The van der Waals surface area contributed by atoms with Crippen LogP contribution in [0, 0.1) is 6.08 Å². The first-order valence-electron chi connectivity index (χ1n) is 5.20. The normalized spacial score (nSPS) is 29.7. The Labute approximate surface area is 87.0 Å². The van der Waals surface area contributed by atoms with Gasteiger partial charge in [0, 0.05) is 0 Å². The van der Waals surface area contributed by atoms with Crippen LogP contribution in [-0.2, 0) is 0 Å². The van der Waals surface area contributed by atoms with Crippen molar-refractivity contribution in [3.63, 3.8) is 0 Å². The van der Waals surface area contributed by atoms with E-state index >= 15 is 0 Å². The topological polar surface area (TPSA) is 0 Å². The van der Waals surface area contributed by atoms with E-state index in [1.807, 2.05) is 24.3 Å². The minimum atomic E-state index is 1.01. The third-order valence-corrected chi connectivity index (χ3v) is 1.92. The van der Waals surface area contributed by atoms with Crippen LogP contribution < -0.4 is 0 Å². The minimum absolute atomic E-state index is 1.01. The molecule has 0 aromatic carbocycles. The van der Waals surface area contributed by atoms with Crippen molar-refractivity contribution < 1.29 is 0 Å². The van der Waals surface area contributed by atoms with Gasteiger partial charge in [0.05, 0.1) is 0 Å². The van der Waals surface area contributed by atoms with Crippen LogP contribution in [0.1, 0.15) is 25.7 Å². The van der Waals surface area contributed by atoms with Gasteiger partial charge in [0.25, 0.3) is 0 Å². The average Bonchev–Trinajstić information content (AvgIpc) is 2.22. The van der Waals surface area contributed by atoms with Crippen LogP contribution in [0.5, 0.6) is 0 Å².